The van der Waals surface area contributed by atoms with Gasteiger partial charge in [-0.25, -0.2) is 8.78 Å². The third-order valence-electron chi connectivity index (χ3n) is 3.66. The lowest BCUT2D eigenvalue weighted by Gasteiger charge is -2.29. The summed E-state index contributed by atoms with van der Waals surface area (Å²) in [7, 11) is 0. The molecule has 2 N–H and O–H groups in total. The van der Waals surface area contributed by atoms with Crippen molar-refractivity contribution >= 4 is 23.2 Å². The van der Waals surface area contributed by atoms with Gasteiger partial charge >= 0.3 is 0 Å². The van der Waals surface area contributed by atoms with Crippen molar-refractivity contribution in [2.24, 2.45) is 5.92 Å². The summed E-state index contributed by atoms with van der Waals surface area (Å²) < 4.78 is 26.6. The molecule has 2 rings (SSSR count). The summed E-state index contributed by atoms with van der Waals surface area (Å²) in [6.45, 7) is 2.84. The first-order valence-corrected chi connectivity index (χ1v) is 7.07. The maximum Gasteiger partial charge on any atom is 0.241 e. The number of carbonyl (C=O) groups excluding carboxylic acids is 1. The van der Waals surface area contributed by atoms with Crippen LogP contribution < -0.4 is 10.6 Å². The van der Waals surface area contributed by atoms with Crippen molar-refractivity contribution in [2.45, 2.75) is 32.2 Å². The van der Waals surface area contributed by atoms with E-state index in [9.17, 15) is 13.6 Å². The number of anilines is 1. The molecule has 110 valence electrons. The van der Waals surface area contributed by atoms with Gasteiger partial charge in [-0.15, -0.1) is 0 Å². The quantitative estimate of drug-likeness (QED) is 0.899. The van der Waals surface area contributed by atoms with E-state index in [1.165, 1.54) is 0 Å². The van der Waals surface area contributed by atoms with E-state index in [1.807, 2.05) is 0 Å². The number of piperidine rings is 1. The molecule has 1 aromatic carbocycles. The van der Waals surface area contributed by atoms with Crippen LogP contribution >= 0.6 is 11.6 Å². The topological polar surface area (TPSA) is 41.1 Å². The fourth-order valence-electron chi connectivity index (χ4n) is 2.44. The summed E-state index contributed by atoms with van der Waals surface area (Å²) in [5, 5.41) is 5.41. The van der Waals surface area contributed by atoms with Crippen LogP contribution in [0.1, 0.15) is 26.2 Å². The van der Waals surface area contributed by atoms with E-state index in [2.05, 4.69) is 17.6 Å². The minimum atomic E-state index is -0.869. The maximum atomic E-state index is 13.6. The fourth-order valence-corrected chi connectivity index (χ4v) is 2.68. The molecule has 1 heterocycles. The van der Waals surface area contributed by atoms with Gasteiger partial charge in [0.2, 0.25) is 5.91 Å². The largest absolute Gasteiger partial charge is 0.321 e. The number of carbonyl (C=O) groups is 1. The lowest BCUT2D eigenvalue weighted by Crippen LogP contribution is -2.46. The molecule has 1 aromatic rings. The monoisotopic (exact) mass is 302 g/mol. The van der Waals surface area contributed by atoms with Gasteiger partial charge in [0.05, 0.1) is 16.8 Å². The second kappa shape index (κ2) is 6.50. The van der Waals surface area contributed by atoms with Crippen LogP contribution in [0.25, 0.3) is 0 Å². The lowest BCUT2D eigenvalue weighted by molar-refractivity contribution is -0.119. The van der Waals surface area contributed by atoms with Gasteiger partial charge in [-0.2, -0.15) is 0 Å². The zero-order valence-electron chi connectivity index (χ0n) is 11.2. The van der Waals surface area contributed by atoms with Crippen molar-refractivity contribution in [1.82, 2.24) is 5.32 Å². The van der Waals surface area contributed by atoms with Crippen LogP contribution in [0.4, 0.5) is 14.5 Å². The summed E-state index contributed by atoms with van der Waals surface area (Å²) in [6, 6.07) is 1.31. The van der Waals surface area contributed by atoms with Crippen molar-refractivity contribution in [1.29, 1.82) is 0 Å². The van der Waals surface area contributed by atoms with E-state index >= 15 is 0 Å². The predicted molar refractivity (Wildman–Crippen MR) is 74.8 cm³/mol. The number of hydrogen-bond acceptors (Lipinski definition) is 2. The predicted octanol–water partition coefficient (Wildman–Crippen LogP) is 3.33. The molecule has 1 saturated heterocycles. The Hall–Kier alpha value is -1.20. The molecule has 0 bridgehead atoms. The van der Waals surface area contributed by atoms with E-state index in [0.29, 0.717) is 18.4 Å². The highest BCUT2D eigenvalue weighted by Gasteiger charge is 2.27. The first kappa shape index (κ1) is 15.2. The third kappa shape index (κ3) is 3.46. The standard InChI is InChI=1S/C14H17ClF2N2O/c1-2-8-3-4-18-12(5-8)14(20)19-13-10(15)6-9(16)7-11(13)17/h6-8,12,18H,2-5H2,1H3,(H,19,20). The molecule has 0 aliphatic carbocycles. The van der Waals surface area contributed by atoms with Gasteiger partial charge in [0.1, 0.15) is 5.82 Å². The van der Waals surface area contributed by atoms with Gasteiger partial charge in [-0.1, -0.05) is 24.9 Å². The van der Waals surface area contributed by atoms with Crippen LogP contribution in [-0.2, 0) is 4.79 Å². The van der Waals surface area contributed by atoms with Crippen LogP contribution in [0.15, 0.2) is 12.1 Å². The van der Waals surface area contributed by atoms with Crippen molar-refractivity contribution in [3.8, 4) is 0 Å². The third-order valence-corrected chi connectivity index (χ3v) is 3.96. The summed E-state index contributed by atoms with van der Waals surface area (Å²) in [5.74, 6) is -1.49. The molecule has 0 aromatic heterocycles. The molecule has 1 aliphatic heterocycles. The molecule has 0 saturated carbocycles. The van der Waals surface area contributed by atoms with Gasteiger partial charge in [0.15, 0.2) is 5.82 Å². The Balaban J connectivity index is 2.08. The number of nitrogens with one attached hydrogen (secondary N) is 2. The lowest BCUT2D eigenvalue weighted by atomic mass is 9.90. The van der Waals surface area contributed by atoms with Gasteiger partial charge < -0.3 is 10.6 Å². The molecule has 2 unspecified atom stereocenters. The maximum absolute atomic E-state index is 13.6. The van der Waals surface area contributed by atoms with Crippen LogP contribution in [0.2, 0.25) is 5.02 Å². The van der Waals surface area contributed by atoms with Crippen molar-refractivity contribution in [2.75, 3.05) is 11.9 Å². The molecular formula is C14H17ClF2N2O. The molecule has 1 amide bonds. The highest BCUT2D eigenvalue weighted by atomic mass is 35.5. The SMILES string of the molecule is CCC1CCNC(C(=O)Nc2c(F)cc(F)cc2Cl)C1. The summed E-state index contributed by atoms with van der Waals surface area (Å²) >= 11 is 5.76. The van der Waals surface area contributed by atoms with Crippen molar-refractivity contribution in [3.63, 3.8) is 0 Å². The van der Waals surface area contributed by atoms with E-state index in [-0.39, 0.29) is 22.7 Å². The Labute approximate surface area is 121 Å². The van der Waals surface area contributed by atoms with Crippen molar-refractivity contribution in [3.05, 3.63) is 28.8 Å². The van der Waals surface area contributed by atoms with Gasteiger partial charge in [0.25, 0.3) is 0 Å². The zero-order chi connectivity index (χ0) is 14.7. The summed E-state index contributed by atoms with van der Waals surface area (Å²) in [5.41, 5.74) is -0.168. The first-order valence-electron chi connectivity index (χ1n) is 6.70. The smallest absolute Gasteiger partial charge is 0.241 e. The van der Waals surface area contributed by atoms with Gasteiger partial charge in [-0.05, 0) is 31.4 Å². The molecular weight excluding hydrogens is 286 g/mol. The molecule has 1 fully saturated rings. The Morgan fingerprint density at radius 3 is 2.90 bits per heavy atom. The molecule has 0 spiro atoms. The highest BCUT2D eigenvalue weighted by molar-refractivity contribution is 6.33. The summed E-state index contributed by atoms with van der Waals surface area (Å²) in [4.78, 5) is 12.1. The number of halogens is 3. The Morgan fingerprint density at radius 1 is 1.50 bits per heavy atom. The average Bonchev–Trinajstić information content (AvgIpc) is 2.42. The average molecular weight is 303 g/mol. The van der Waals surface area contributed by atoms with E-state index < -0.39 is 11.6 Å². The number of rotatable bonds is 3. The number of hydrogen-bond donors (Lipinski definition) is 2. The van der Waals surface area contributed by atoms with E-state index in [4.69, 9.17) is 11.6 Å². The van der Waals surface area contributed by atoms with Crippen molar-refractivity contribution < 1.29 is 13.6 Å². The second-order valence-electron chi connectivity index (χ2n) is 5.04. The first-order chi connectivity index (χ1) is 9.51. The van der Waals surface area contributed by atoms with Gasteiger partial charge in [-0.3, -0.25) is 4.79 Å². The normalized spacial score (nSPS) is 22.6. The molecule has 1 aliphatic rings. The Bertz CT molecular complexity index is 487. The minimum absolute atomic E-state index is 0.140. The zero-order valence-corrected chi connectivity index (χ0v) is 11.9. The Kier molecular flexibility index (Phi) is 4.94. The van der Waals surface area contributed by atoms with E-state index in [0.717, 1.165) is 25.5 Å². The second-order valence-corrected chi connectivity index (χ2v) is 5.45. The molecule has 20 heavy (non-hydrogen) atoms. The van der Waals surface area contributed by atoms with Crippen LogP contribution in [0, 0.1) is 17.6 Å². The minimum Gasteiger partial charge on any atom is -0.321 e. The molecule has 3 nitrogen and oxygen atoms in total. The fraction of sp³-hybridized carbons (Fsp3) is 0.500. The molecule has 2 atom stereocenters. The molecule has 6 heteroatoms. The van der Waals surface area contributed by atoms with E-state index in [1.54, 1.807) is 0 Å². The number of benzene rings is 1. The molecule has 0 radical (unpaired) electrons. The van der Waals surface area contributed by atoms with Gasteiger partial charge in [0, 0.05) is 6.07 Å². The van der Waals surface area contributed by atoms with Crippen LogP contribution in [0.5, 0.6) is 0 Å². The summed E-state index contributed by atoms with van der Waals surface area (Å²) in [6.07, 6.45) is 2.76. The highest BCUT2D eigenvalue weighted by Crippen LogP contribution is 2.27. The Morgan fingerprint density at radius 2 is 2.25 bits per heavy atom. The van der Waals surface area contributed by atoms with Crippen LogP contribution in [0.3, 0.4) is 0 Å². The van der Waals surface area contributed by atoms with Crippen LogP contribution in [-0.4, -0.2) is 18.5 Å². The number of amides is 1.